The van der Waals surface area contributed by atoms with Crippen LogP contribution in [0.1, 0.15) is 41.4 Å². The molecule has 10 heteroatoms. The number of aromatic hydroxyl groups is 1. The van der Waals surface area contributed by atoms with Crippen molar-refractivity contribution in [3.05, 3.63) is 113 Å². The van der Waals surface area contributed by atoms with Gasteiger partial charge in [-0.3, -0.25) is 9.59 Å². The fraction of sp³-hybridized carbons (Fsp3) is 0. The Morgan fingerprint density at radius 3 is 1.50 bits per heavy atom. The lowest BCUT2D eigenvalue weighted by atomic mass is 10.1. The van der Waals surface area contributed by atoms with Gasteiger partial charge in [0.1, 0.15) is 17.2 Å². The monoisotopic (exact) mass is 512 g/mol. The normalized spacial score (nSPS) is 10.3. The SMILES string of the molecule is O=C(O)c1ccccc1C(=O)Nc1ccc(Oc2ccc(NC(=O)c3cc(O)ccc3C(=O)O)cc2)cc1. The number of carbonyl (C=O) groups is 4. The number of aromatic carboxylic acids is 2. The lowest BCUT2D eigenvalue weighted by Gasteiger charge is -2.11. The Bertz CT molecular complexity index is 1530. The molecule has 0 spiro atoms. The second-order valence-corrected chi connectivity index (χ2v) is 7.94. The second-order valence-electron chi connectivity index (χ2n) is 7.94. The predicted octanol–water partition coefficient (Wildman–Crippen LogP) is 5.09. The van der Waals surface area contributed by atoms with E-state index in [0.29, 0.717) is 22.9 Å². The number of ether oxygens (including phenoxy) is 1. The van der Waals surface area contributed by atoms with Gasteiger partial charge in [-0.15, -0.1) is 0 Å². The third-order valence-electron chi connectivity index (χ3n) is 5.34. The molecule has 4 aromatic carbocycles. The Labute approximate surface area is 215 Å². The maximum atomic E-state index is 12.5. The van der Waals surface area contributed by atoms with Gasteiger partial charge in [-0.25, -0.2) is 9.59 Å². The Morgan fingerprint density at radius 2 is 1.00 bits per heavy atom. The third-order valence-corrected chi connectivity index (χ3v) is 5.34. The molecule has 0 fully saturated rings. The maximum absolute atomic E-state index is 12.5. The van der Waals surface area contributed by atoms with Crippen LogP contribution in [0.15, 0.2) is 91.0 Å². The van der Waals surface area contributed by atoms with E-state index >= 15 is 0 Å². The fourth-order valence-corrected chi connectivity index (χ4v) is 3.52. The molecule has 0 aromatic heterocycles. The zero-order chi connectivity index (χ0) is 27.2. The van der Waals surface area contributed by atoms with Crippen LogP contribution >= 0.6 is 0 Å². The molecule has 5 N–H and O–H groups in total. The minimum atomic E-state index is -1.30. The van der Waals surface area contributed by atoms with E-state index < -0.39 is 23.8 Å². The van der Waals surface area contributed by atoms with Crippen molar-refractivity contribution in [3.63, 3.8) is 0 Å². The number of hydrogen-bond donors (Lipinski definition) is 5. The highest BCUT2D eigenvalue weighted by Gasteiger charge is 2.18. The van der Waals surface area contributed by atoms with E-state index in [4.69, 9.17) is 4.74 Å². The van der Waals surface area contributed by atoms with Crippen LogP contribution in [0, 0.1) is 0 Å². The van der Waals surface area contributed by atoms with E-state index in [9.17, 15) is 34.5 Å². The van der Waals surface area contributed by atoms with Crippen LogP contribution in [0.5, 0.6) is 17.2 Å². The van der Waals surface area contributed by atoms with Gasteiger partial charge in [0, 0.05) is 11.4 Å². The minimum absolute atomic E-state index is 0.0377. The van der Waals surface area contributed by atoms with E-state index in [1.807, 2.05) is 0 Å². The zero-order valence-electron chi connectivity index (χ0n) is 19.5. The number of anilines is 2. The van der Waals surface area contributed by atoms with Gasteiger partial charge >= 0.3 is 11.9 Å². The lowest BCUT2D eigenvalue weighted by Crippen LogP contribution is -2.16. The minimum Gasteiger partial charge on any atom is -0.508 e. The summed E-state index contributed by atoms with van der Waals surface area (Å²) < 4.78 is 5.77. The van der Waals surface area contributed by atoms with Gasteiger partial charge in [0.05, 0.1) is 22.3 Å². The van der Waals surface area contributed by atoms with Crippen LogP contribution in [0.2, 0.25) is 0 Å². The third kappa shape index (κ3) is 5.94. The molecule has 0 aliphatic rings. The lowest BCUT2D eigenvalue weighted by molar-refractivity contribution is 0.0683. The van der Waals surface area contributed by atoms with Crippen molar-refractivity contribution in [1.29, 1.82) is 0 Å². The van der Waals surface area contributed by atoms with Crippen molar-refractivity contribution < 1.29 is 39.2 Å². The van der Waals surface area contributed by atoms with Crippen molar-refractivity contribution in [2.75, 3.05) is 10.6 Å². The van der Waals surface area contributed by atoms with E-state index in [1.54, 1.807) is 54.6 Å². The highest BCUT2D eigenvalue weighted by Crippen LogP contribution is 2.26. The van der Waals surface area contributed by atoms with Gasteiger partial charge in [-0.1, -0.05) is 12.1 Å². The quantitative estimate of drug-likeness (QED) is 0.218. The first-order valence-corrected chi connectivity index (χ1v) is 11.1. The van der Waals surface area contributed by atoms with Gasteiger partial charge in [-0.05, 0) is 78.9 Å². The highest BCUT2D eigenvalue weighted by atomic mass is 16.5. The number of phenols is 1. The number of amides is 2. The first kappa shape index (κ1) is 25.5. The average molecular weight is 512 g/mol. The zero-order valence-corrected chi connectivity index (χ0v) is 19.5. The smallest absolute Gasteiger partial charge is 0.336 e. The predicted molar refractivity (Wildman–Crippen MR) is 137 cm³/mol. The first-order valence-electron chi connectivity index (χ1n) is 11.1. The Hall–Kier alpha value is -5.64. The summed E-state index contributed by atoms with van der Waals surface area (Å²) in [5.74, 6) is -3.09. The van der Waals surface area contributed by atoms with Gasteiger partial charge in [0.15, 0.2) is 0 Å². The number of benzene rings is 4. The molecule has 4 aromatic rings. The number of carboxylic acid groups (broad SMARTS) is 2. The van der Waals surface area contributed by atoms with Crippen molar-refractivity contribution in [2.24, 2.45) is 0 Å². The largest absolute Gasteiger partial charge is 0.508 e. The fourth-order valence-electron chi connectivity index (χ4n) is 3.52. The molecule has 0 atom stereocenters. The summed E-state index contributed by atoms with van der Waals surface area (Å²) in [6.07, 6.45) is 0. The summed E-state index contributed by atoms with van der Waals surface area (Å²) in [4.78, 5) is 47.8. The van der Waals surface area contributed by atoms with Crippen LogP contribution in [-0.4, -0.2) is 39.1 Å². The molecule has 0 aliphatic carbocycles. The summed E-state index contributed by atoms with van der Waals surface area (Å²) in [5.41, 5.74) is 0.321. The van der Waals surface area contributed by atoms with Crippen molar-refractivity contribution in [2.45, 2.75) is 0 Å². The molecule has 2 amide bonds. The van der Waals surface area contributed by atoms with Crippen LogP contribution in [0.3, 0.4) is 0 Å². The molecule has 0 saturated heterocycles. The molecule has 10 nitrogen and oxygen atoms in total. The van der Waals surface area contributed by atoms with E-state index in [2.05, 4.69) is 10.6 Å². The number of phenolic OH excluding ortho intramolecular Hbond substituents is 1. The van der Waals surface area contributed by atoms with Crippen LogP contribution < -0.4 is 15.4 Å². The Balaban J connectivity index is 1.38. The van der Waals surface area contributed by atoms with Crippen molar-refractivity contribution >= 4 is 35.1 Å². The molecule has 0 radical (unpaired) electrons. The Morgan fingerprint density at radius 1 is 0.553 bits per heavy atom. The molecule has 0 aliphatic heterocycles. The molecule has 38 heavy (non-hydrogen) atoms. The summed E-state index contributed by atoms with van der Waals surface area (Å²) in [6, 6.07) is 22.0. The Kier molecular flexibility index (Phi) is 7.34. The number of nitrogens with one attached hydrogen (secondary N) is 2. The second kappa shape index (κ2) is 11.0. The molecular formula is C28H20N2O8. The highest BCUT2D eigenvalue weighted by molar-refractivity contribution is 6.11. The van der Waals surface area contributed by atoms with Gasteiger partial charge in [-0.2, -0.15) is 0 Å². The summed E-state index contributed by atoms with van der Waals surface area (Å²) in [7, 11) is 0. The summed E-state index contributed by atoms with van der Waals surface area (Å²) >= 11 is 0. The van der Waals surface area contributed by atoms with Gasteiger partial charge < -0.3 is 30.7 Å². The molecule has 0 heterocycles. The number of carboxylic acids is 2. The van der Waals surface area contributed by atoms with Crippen LogP contribution in [0.25, 0.3) is 0 Å². The molecular weight excluding hydrogens is 492 g/mol. The molecule has 0 saturated carbocycles. The maximum Gasteiger partial charge on any atom is 0.336 e. The molecule has 0 bridgehead atoms. The van der Waals surface area contributed by atoms with Gasteiger partial charge in [0.25, 0.3) is 11.8 Å². The van der Waals surface area contributed by atoms with E-state index in [1.165, 1.54) is 24.3 Å². The van der Waals surface area contributed by atoms with Crippen molar-refractivity contribution in [3.8, 4) is 17.2 Å². The van der Waals surface area contributed by atoms with E-state index in [0.717, 1.165) is 12.1 Å². The van der Waals surface area contributed by atoms with Crippen molar-refractivity contribution in [1.82, 2.24) is 0 Å². The van der Waals surface area contributed by atoms with Gasteiger partial charge in [0.2, 0.25) is 0 Å². The number of carbonyl (C=O) groups excluding carboxylic acids is 2. The number of hydrogen-bond acceptors (Lipinski definition) is 6. The average Bonchev–Trinajstić information content (AvgIpc) is 2.90. The van der Waals surface area contributed by atoms with Crippen LogP contribution in [0.4, 0.5) is 11.4 Å². The standard InChI is InChI=1S/C28H20N2O8/c31-18-9-14-23(28(36)37)24(15-18)26(33)30-17-7-12-20(13-8-17)38-19-10-5-16(6-11-19)29-25(32)21-3-1-2-4-22(21)27(34)35/h1-15,31H,(H,29,32)(H,30,33)(H,34,35)(H,36,37). The summed E-state index contributed by atoms with van der Waals surface area (Å²) in [6.45, 7) is 0. The summed E-state index contributed by atoms with van der Waals surface area (Å²) in [5, 5.41) is 33.4. The molecule has 0 unspecified atom stereocenters. The molecule has 4 rings (SSSR count). The molecule has 190 valence electrons. The first-order chi connectivity index (χ1) is 18.2. The van der Waals surface area contributed by atoms with Crippen LogP contribution in [-0.2, 0) is 0 Å². The van der Waals surface area contributed by atoms with E-state index in [-0.39, 0.29) is 28.0 Å². The number of rotatable bonds is 8. The topological polar surface area (TPSA) is 162 Å².